The number of hydrogen-bond donors (Lipinski definition) is 1. The lowest BCUT2D eigenvalue weighted by molar-refractivity contribution is 0.0374. The van der Waals surface area contributed by atoms with Crippen LogP contribution in [0.4, 0.5) is 0 Å². The smallest absolute Gasteiger partial charge is 0.175 e. The summed E-state index contributed by atoms with van der Waals surface area (Å²) < 4.78 is 18.0. The van der Waals surface area contributed by atoms with Crippen molar-refractivity contribution in [3.8, 4) is 11.5 Å². The van der Waals surface area contributed by atoms with Gasteiger partial charge in [0.2, 0.25) is 0 Å². The normalized spacial score (nSPS) is 15.6. The van der Waals surface area contributed by atoms with E-state index in [1.165, 1.54) is 5.56 Å². The van der Waals surface area contributed by atoms with Gasteiger partial charge in [-0.25, -0.2) is 0 Å². The van der Waals surface area contributed by atoms with Crippen molar-refractivity contribution in [3.05, 3.63) is 22.2 Å². The van der Waals surface area contributed by atoms with Crippen molar-refractivity contribution in [1.82, 2.24) is 10.2 Å². The summed E-state index contributed by atoms with van der Waals surface area (Å²) in [7, 11) is 0. The molecule has 25 heavy (non-hydrogen) atoms. The van der Waals surface area contributed by atoms with Gasteiger partial charge < -0.3 is 19.5 Å². The molecule has 1 N–H and O–H groups in total. The van der Waals surface area contributed by atoms with Crippen molar-refractivity contribution in [1.29, 1.82) is 0 Å². The van der Waals surface area contributed by atoms with Gasteiger partial charge in [0.05, 0.1) is 30.4 Å². The zero-order valence-corrected chi connectivity index (χ0v) is 17.2. The number of halogens is 1. The highest BCUT2D eigenvalue weighted by atomic mass is 79.9. The second-order valence-corrected chi connectivity index (χ2v) is 7.34. The molecule has 5 nitrogen and oxygen atoms in total. The summed E-state index contributed by atoms with van der Waals surface area (Å²) in [6.07, 6.45) is 1.26. The van der Waals surface area contributed by atoms with Gasteiger partial charge in [-0.3, -0.25) is 4.90 Å². The number of hydrogen-bond acceptors (Lipinski definition) is 5. The van der Waals surface area contributed by atoms with Crippen LogP contribution in [-0.2, 0) is 11.3 Å². The first-order chi connectivity index (χ1) is 12.1. The van der Waals surface area contributed by atoms with Gasteiger partial charge in [-0.2, -0.15) is 0 Å². The summed E-state index contributed by atoms with van der Waals surface area (Å²) in [6.45, 7) is 13.5. The predicted molar refractivity (Wildman–Crippen MR) is 105 cm³/mol. The molecular formula is C19H31BrN2O3. The highest BCUT2D eigenvalue weighted by Gasteiger charge is 2.14. The van der Waals surface area contributed by atoms with Crippen LogP contribution in [0.2, 0.25) is 0 Å². The van der Waals surface area contributed by atoms with E-state index < -0.39 is 0 Å². The van der Waals surface area contributed by atoms with Crippen molar-refractivity contribution in [2.24, 2.45) is 0 Å². The van der Waals surface area contributed by atoms with E-state index in [-0.39, 0.29) is 6.10 Å². The lowest BCUT2D eigenvalue weighted by Gasteiger charge is -2.26. The summed E-state index contributed by atoms with van der Waals surface area (Å²) in [6, 6.07) is 4.18. The summed E-state index contributed by atoms with van der Waals surface area (Å²) in [4.78, 5) is 2.47. The third-order valence-electron chi connectivity index (χ3n) is 3.98. The van der Waals surface area contributed by atoms with Crippen molar-refractivity contribution in [2.75, 3.05) is 46.0 Å². The van der Waals surface area contributed by atoms with E-state index in [9.17, 15) is 0 Å². The molecular weight excluding hydrogens is 384 g/mol. The van der Waals surface area contributed by atoms with E-state index >= 15 is 0 Å². The van der Waals surface area contributed by atoms with Gasteiger partial charge in [0.25, 0.3) is 0 Å². The molecule has 0 aliphatic carbocycles. The molecule has 142 valence electrons. The minimum absolute atomic E-state index is 0.111. The van der Waals surface area contributed by atoms with Crippen LogP contribution in [0.5, 0.6) is 11.5 Å². The Morgan fingerprint density at radius 1 is 1.28 bits per heavy atom. The monoisotopic (exact) mass is 414 g/mol. The van der Waals surface area contributed by atoms with Crippen LogP contribution < -0.4 is 14.8 Å². The Morgan fingerprint density at radius 2 is 2.04 bits per heavy atom. The SMILES string of the molecule is CCOc1cc(CNCCCN2CCOCC2)cc(Br)c1OC(C)C. The minimum Gasteiger partial charge on any atom is -0.490 e. The van der Waals surface area contributed by atoms with Gasteiger partial charge in [-0.15, -0.1) is 0 Å². The maximum atomic E-state index is 5.89. The Hall–Kier alpha value is -0.820. The first-order valence-corrected chi connectivity index (χ1v) is 10.0. The standard InChI is InChI=1S/C19H31BrN2O3/c1-4-24-18-13-16(12-17(20)19(18)25-15(2)3)14-21-6-5-7-22-8-10-23-11-9-22/h12-13,15,21H,4-11,14H2,1-3H3. The topological polar surface area (TPSA) is 43.0 Å². The Kier molecular flexibility index (Phi) is 9.03. The Bertz CT molecular complexity index is 520. The molecule has 0 amide bonds. The van der Waals surface area contributed by atoms with Crippen LogP contribution in [0.25, 0.3) is 0 Å². The molecule has 1 aliphatic heterocycles. The lowest BCUT2D eigenvalue weighted by Crippen LogP contribution is -2.37. The van der Waals surface area contributed by atoms with Crippen LogP contribution in [0.15, 0.2) is 16.6 Å². The molecule has 1 aromatic rings. The third-order valence-corrected chi connectivity index (χ3v) is 4.57. The number of benzene rings is 1. The molecule has 1 fully saturated rings. The molecule has 0 saturated carbocycles. The number of nitrogens with zero attached hydrogens (tertiary/aromatic N) is 1. The van der Waals surface area contributed by atoms with Gasteiger partial charge in [-0.05, 0) is 73.9 Å². The van der Waals surface area contributed by atoms with E-state index in [0.29, 0.717) is 6.61 Å². The molecule has 0 radical (unpaired) electrons. The van der Waals surface area contributed by atoms with Crippen LogP contribution in [0, 0.1) is 0 Å². The second-order valence-electron chi connectivity index (χ2n) is 6.49. The van der Waals surface area contributed by atoms with Gasteiger partial charge >= 0.3 is 0 Å². The number of rotatable bonds is 10. The Balaban J connectivity index is 1.82. The predicted octanol–water partition coefficient (Wildman–Crippen LogP) is 3.45. The fourth-order valence-electron chi connectivity index (χ4n) is 2.82. The van der Waals surface area contributed by atoms with Crippen molar-refractivity contribution in [2.45, 2.75) is 39.8 Å². The van der Waals surface area contributed by atoms with Gasteiger partial charge in [-0.1, -0.05) is 0 Å². The third kappa shape index (κ3) is 7.13. The summed E-state index contributed by atoms with van der Waals surface area (Å²) in [5.41, 5.74) is 1.19. The van der Waals surface area contributed by atoms with Gasteiger partial charge in [0, 0.05) is 19.6 Å². The van der Waals surface area contributed by atoms with Gasteiger partial charge in [0.15, 0.2) is 11.5 Å². The molecule has 0 unspecified atom stereocenters. The molecule has 0 bridgehead atoms. The summed E-state index contributed by atoms with van der Waals surface area (Å²) in [5.74, 6) is 1.59. The molecule has 0 spiro atoms. The maximum Gasteiger partial charge on any atom is 0.175 e. The maximum absolute atomic E-state index is 5.89. The summed E-state index contributed by atoms with van der Waals surface area (Å²) >= 11 is 3.62. The van der Waals surface area contributed by atoms with Crippen molar-refractivity contribution in [3.63, 3.8) is 0 Å². The Labute approximate surface area is 160 Å². The van der Waals surface area contributed by atoms with E-state index in [1.54, 1.807) is 0 Å². The summed E-state index contributed by atoms with van der Waals surface area (Å²) in [5, 5.41) is 3.52. The zero-order valence-electron chi connectivity index (χ0n) is 15.6. The molecule has 2 rings (SSSR count). The quantitative estimate of drug-likeness (QED) is 0.593. The molecule has 0 aromatic heterocycles. The molecule has 1 heterocycles. The largest absolute Gasteiger partial charge is 0.490 e. The fraction of sp³-hybridized carbons (Fsp3) is 0.684. The van der Waals surface area contributed by atoms with Crippen LogP contribution in [0.1, 0.15) is 32.8 Å². The van der Waals surface area contributed by atoms with Gasteiger partial charge in [0.1, 0.15) is 0 Å². The van der Waals surface area contributed by atoms with E-state index in [4.69, 9.17) is 14.2 Å². The van der Waals surface area contributed by atoms with Crippen LogP contribution in [0.3, 0.4) is 0 Å². The Morgan fingerprint density at radius 3 is 2.72 bits per heavy atom. The first kappa shape index (κ1) is 20.5. The number of nitrogens with one attached hydrogen (secondary N) is 1. The fourth-order valence-corrected chi connectivity index (χ4v) is 3.40. The van der Waals surface area contributed by atoms with Crippen molar-refractivity contribution >= 4 is 15.9 Å². The van der Waals surface area contributed by atoms with Crippen LogP contribution in [-0.4, -0.2) is 57.0 Å². The molecule has 1 aromatic carbocycles. The van der Waals surface area contributed by atoms with E-state index in [0.717, 1.165) is 68.3 Å². The van der Waals surface area contributed by atoms with Crippen LogP contribution >= 0.6 is 15.9 Å². The average molecular weight is 415 g/mol. The number of morpholine rings is 1. The molecule has 6 heteroatoms. The first-order valence-electron chi connectivity index (χ1n) is 9.22. The second kappa shape index (κ2) is 11.0. The molecule has 0 atom stereocenters. The van der Waals surface area contributed by atoms with E-state index in [1.807, 2.05) is 20.8 Å². The van der Waals surface area contributed by atoms with E-state index in [2.05, 4.69) is 38.3 Å². The number of ether oxygens (including phenoxy) is 3. The molecule has 1 aliphatic rings. The lowest BCUT2D eigenvalue weighted by atomic mass is 10.2. The highest BCUT2D eigenvalue weighted by Crippen LogP contribution is 2.37. The minimum atomic E-state index is 0.111. The molecule has 1 saturated heterocycles. The zero-order chi connectivity index (χ0) is 18.1. The highest BCUT2D eigenvalue weighted by molar-refractivity contribution is 9.10. The van der Waals surface area contributed by atoms with Crippen molar-refractivity contribution < 1.29 is 14.2 Å². The average Bonchev–Trinajstić information content (AvgIpc) is 2.58.